The number of aliphatic hydroxyl groups is 2. The zero-order valence-electron chi connectivity index (χ0n) is 11.6. The number of primary amides is 2. The van der Waals surface area contributed by atoms with Crippen LogP contribution in [0.4, 0.5) is 0 Å². The van der Waals surface area contributed by atoms with Gasteiger partial charge in [0, 0.05) is 6.61 Å². The summed E-state index contributed by atoms with van der Waals surface area (Å²) in [6, 6.07) is 0. The van der Waals surface area contributed by atoms with Gasteiger partial charge in [0.1, 0.15) is 6.10 Å². The van der Waals surface area contributed by atoms with E-state index >= 15 is 0 Å². The van der Waals surface area contributed by atoms with Crippen molar-refractivity contribution >= 4 is 11.8 Å². The Labute approximate surface area is 118 Å². The lowest BCUT2D eigenvalue weighted by molar-refractivity contribution is -0.182. The third-order valence-electron chi connectivity index (χ3n) is 3.79. The molecule has 3 atom stereocenters. The van der Waals surface area contributed by atoms with Crippen LogP contribution in [0.1, 0.15) is 44.9 Å². The van der Waals surface area contributed by atoms with E-state index in [0.717, 1.165) is 32.1 Å². The average Bonchev–Trinajstić information content (AvgIpc) is 2.42. The summed E-state index contributed by atoms with van der Waals surface area (Å²) >= 11 is 0. The molecule has 6 N–H and O–H groups in total. The van der Waals surface area contributed by atoms with Gasteiger partial charge in [-0.05, 0) is 19.3 Å². The van der Waals surface area contributed by atoms with E-state index in [1.165, 1.54) is 0 Å². The first-order chi connectivity index (χ1) is 9.42. The number of ether oxygens (including phenoxy) is 1. The molecule has 0 aromatic heterocycles. The summed E-state index contributed by atoms with van der Waals surface area (Å²) in [5.74, 6) is -2.00. The second-order valence-electron chi connectivity index (χ2n) is 5.27. The van der Waals surface area contributed by atoms with Crippen LogP contribution in [0.5, 0.6) is 0 Å². The zero-order valence-corrected chi connectivity index (χ0v) is 11.6. The normalized spacial score (nSPS) is 28.3. The first-order valence-corrected chi connectivity index (χ1v) is 7.01. The molecular weight excluding hydrogens is 264 g/mol. The van der Waals surface area contributed by atoms with Crippen molar-refractivity contribution in [3.05, 3.63) is 0 Å². The maximum absolute atomic E-state index is 11.8. The van der Waals surface area contributed by atoms with Gasteiger partial charge in [-0.3, -0.25) is 9.59 Å². The van der Waals surface area contributed by atoms with Gasteiger partial charge in [0.15, 0.2) is 11.7 Å². The Balaban J connectivity index is 2.95. The van der Waals surface area contributed by atoms with Crippen molar-refractivity contribution in [2.75, 3.05) is 6.61 Å². The van der Waals surface area contributed by atoms with Crippen LogP contribution in [0.2, 0.25) is 0 Å². The summed E-state index contributed by atoms with van der Waals surface area (Å²) in [6.07, 6.45) is 1.83. The van der Waals surface area contributed by atoms with E-state index < -0.39 is 29.6 Å². The van der Waals surface area contributed by atoms with Gasteiger partial charge in [-0.1, -0.05) is 25.7 Å². The van der Waals surface area contributed by atoms with Crippen molar-refractivity contribution in [2.45, 2.75) is 62.8 Å². The fourth-order valence-electron chi connectivity index (χ4n) is 2.51. The minimum absolute atomic E-state index is 0.161. The second-order valence-corrected chi connectivity index (χ2v) is 5.27. The molecule has 0 aromatic rings. The highest BCUT2D eigenvalue weighted by molar-refractivity contribution is 5.87. The molecule has 2 amide bonds. The molecule has 7 nitrogen and oxygen atoms in total. The van der Waals surface area contributed by atoms with E-state index in [2.05, 4.69) is 0 Å². The molecule has 7 heteroatoms. The van der Waals surface area contributed by atoms with Crippen molar-refractivity contribution in [3.8, 4) is 0 Å². The van der Waals surface area contributed by atoms with Crippen LogP contribution in [0.15, 0.2) is 0 Å². The lowest BCUT2D eigenvalue weighted by Gasteiger charge is -2.37. The van der Waals surface area contributed by atoms with Crippen LogP contribution in [0.3, 0.4) is 0 Å². The molecule has 1 fully saturated rings. The Kier molecular flexibility index (Phi) is 6.38. The molecule has 0 bridgehead atoms. The summed E-state index contributed by atoms with van der Waals surface area (Å²) in [6.45, 7) is 0.242. The highest BCUT2D eigenvalue weighted by Crippen LogP contribution is 2.28. The van der Waals surface area contributed by atoms with Crippen molar-refractivity contribution in [1.82, 2.24) is 0 Å². The van der Waals surface area contributed by atoms with Crippen LogP contribution in [0.25, 0.3) is 0 Å². The molecule has 0 aromatic carbocycles. The van der Waals surface area contributed by atoms with Gasteiger partial charge in [-0.25, -0.2) is 0 Å². The molecule has 116 valence electrons. The van der Waals surface area contributed by atoms with Gasteiger partial charge in [0.2, 0.25) is 5.91 Å². The molecule has 1 aliphatic heterocycles. The first-order valence-electron chi connectivity index (χ1n) is 7.01. The van der Waals surface area contributed by atoms with Crippen molar-refractivity contribution < 1.29 is 24.5 Å². The van der Waals surface area contributed by atoms with Crippen LogP contribution in [0, 0.1) is 0 Å². The number of carbonyl (C=O) groups excluding carboxylic acids is 2. The molecule has 0 unspecified atom stereocenters. The van der Waals surface area contributed by atoms with Gasteiger partial charge in [0.25, 0.3) is 5.91 Å². The van der Waals surface area contributed by atoms with Crippen molar-refractivity contribution in [1.29, 1.82) is 0 Å². The summed E-state index contributed by atoms with van der Waals surface area (Å²) < 4.78 is 5.51. The Bertz CT molecular complexity index is 338. The maximum atomic E-state index is 11.8. The highest BCUT2D eigenvalue weighted by Gasteiger charge is 2.49. The molecular formula is C13H24N2O5. The number of hydrogen-bond donors (Lipinski definition) is 4. The SMILES string of the molecule is NC(=O)[C@@H](O)[C@H](O)[C@@]1(C(N)=O)CCCCCCCCO1. The van der Waals surface area contributed by atoms with E-state index in [9.17, 15) is 19.8 Å². The first kappa shape index (κ1) is 16.9. The molecule has 0 saturated carbocycles. The molecule has 0 spiro atoms. The zero-order chi connectivity index (χ0) is 15.2. The van der Waals surface area contributed by atoms with E-state index in [1.54, 1.807) is 0 Å². The molecule has 1 heterocycles. The van der Waals surface area contributed by atoms with E-state index in [4.69, 9.17) is 16.2 Å². The van der Waals surface area contributed by atoms with Crippen molar-refractivity contribution in [3.63, 3.8) is 0 Å². The number of nitrogens with two attached hydrogens (primary N) is 2. The number of carbonyl (C=O) groups is 2. The Morgan fingerprint density at radius 1 is 1.00 bits per heavy atom. The molecule has 0 aliphatic carbocycles. The number of aliphatic hydroxyl groups excluding tert-OH is 2. The van der Waals surface area contributed by atoms with Gasteiger partial charge < -0.3 is 26.4 Å². The molecule has 0 radical (unpaired) electrons. The van der Waals surface area contributed by atoms with Crippen molar-refractivity contribution in [2.24, 2.45) is 11.5 Å². The van der Waals surface area contributed by atoms with E-state index in [1.807, 2.05) is 0 Å². The summed E-state index contributed by atoms with van der Waals surface area (Å²) in [7, 11) is 0. The predicted octanol–water partition coefficient (Wildman–Crippen LogP) is -0.821. The third kappa shape index (κ3) is 3.91. The number of amides is 2. The average molecular weight is 288 g/mol. The number of rotatable bonds is 4. The quantitative estimate of drug-likeness (QED) is 0.536. The minimum Gasteiger partial charge on any atom is -0.386 e. The van der Waals surface area contributed by atoms with E-state index in [0.29, 0.717) is 6.42 Å². The van der Waals surface area contributed by atoms with Gasteiger partial charge in [0.05, 0.1) is 0 Å². The molecule has 1 rings (SSSR count). The summed E-state index contributed by atoms with van der Waals surface area (Å²) in [5, 5.41) is 19.8. The minimum atomic E-state index is -1.88. The lowest BCUT2D eigenvalue weighted by Crippen LogP contribution is -2.61. The maximum Gasteiger partial charge on any atom is 0.252 e. The summed E-state index contributed by atoms with van der Waals surface area (Å²) in [4.78, 5) is 22.8. The third-order valence-corrected chi connectivity index (χ3v) is 3.79. The fourth-order valence-corrected chi connectivity index (χ4v) is 2.51. The largest absolute Gasteiger partial charge is 0.386 e. The van der Waals surface area contributed by atoms with Crippen LogP contribution in [-0.2, 0) is 14.3 Å². The van der Waals surface area contributed by atoms with Gasteiger partial charge in [-0.2, -0.15) is 0 Å². The topological polar surface area (TPSA) is 136 Å². The standard InChI is InChI=1S/C13H24N2O5/c14-11(18)9(16)10(17)13(12(15)19)7-5-3-1-2-4-6-8-20-13/h9-10,16-17H,1-8H2,(H2,14,18)(H2,15,19)/t9-,10-,13+/m0/s1. The van der Waals surface area contributed by atoms with E-state index in [-0.39, 0.29) is 13.0 Å². The fraction of sp³-hybridized carbons (Fsp3) is 0.846. The summed E-state index contributed by atoms with van der Waals surface area (Å²) in [5.41, 5.74) is 8.58. The Morgan fingerprint density at radius 3 is 2.10 bits per heavy atom. The van der Waals surface area contributed by atoms with Crippen LogP contribution in [-0.4, -0.2) is 46.4 Å². The Morgan fingerprint density at radius 2 is 1.55 bits per heavy atom. The Hall–Kier alpha value is -1.18. The molecule has 1 aliphatic rings. The molecule has 20 heavy (non-hydrogen) atoms. The monoisotopic (exact) mass is 288 g/mol. The smallest absolute Gasteiger partial charge is 0.252 e. The lowest BCUT2D eigenvalue weighted by atomic mass is 9.85. The van der Waals surface area contributed by atoms with Crippen LogP contribution < -0.4 is 11.5 Å². The number of hydrogen-bond acceptors (Lipinski definition) is 5. The van der Waals surface area contributed by atoms with Gasteiger partial charge >= 0.3 is 0 Å². The highest BCUT2D eigenvalue weighted by atomic mass is 16.5. The molecule has 1 saturated heterocycles. The van der Waals surface area contributed by atoms with Gasteiger partial charge in [-0.15, -0.1) is 0 Å². The van der Waals surface area contributed by atoms with Crippen LogP contribution >= 0.6 is 0 Å². The second kappa shape index (κ2) is 7.56. The predicted molar refractivity (Wildman–Crippen MR) is 71.4 cm³/mol.